The first-order valence-electron chi connectivity index (χ1n) is 30.0. The van der Waals surface area contributed by atoms with Crippen LogP contribution < -0.4 is 0 Å². The topological polar surface area (TPSA) is 78.9 Å². The number of ether oxygens (including phenoxy) is 3. The van der Waals surface area contributed by atoms with Crippen LogP contribution >= 0.6 is 0 Å². The minimum absolute atomic E-state index is 0.111. The van der Waals surface area contributed by atoms with E-state index in [1.165, 1.54) is 51.4 Å². The van der Waals surface area contributed by atoms with Crippen molar-refractivity contribution in [3.05, 3.63) is 158 Å². The molecule has 0 bridgehead atoms. The van der Waals surface area contributed by atoms with Crippen molar-refractivity contribution in [2.45, 2.75) is 245 Å². The van der Waals surface area contributed by atoms with Crippen molar-refractivity contribution in [1.82, 2.24) is 0 Å². The van der Waals surface area contributed by atoms with E-state index >= 15 is 0 Å². The fourth-order valence-electron chi connectivity index (χ4n) is 7.61. The number of esters is 3. The highest BCUT2D eigenvalue weighted by Gasteiger charge is 2.19. The summed E-state index contributed by atoms with van der Waals surface area (Å²) in [5.74, 6) is -1.00. The molecule has 0 aliphatic heterocycles. The number of carbonyl (C=O) groups is 3. The second-order valence-corrected chi connectivity index (χ2v) is 19.1. The molecular formula is C69H108O6. The van der Waals surface area contributed by atoms with E-state index in [-0.39, 0.29) is 44.0 Å². The molecule has 0 aromatic rings. The number of hydrogen-bond acceptors (Lipinski definition) is 6. The molecule has 6 nitrogen and oxygen atoms in total. The SMILES string of the molecule is CC/C=C\C/C=C\C/C=C\C/C=C\C/C=C\C/C=C\C/C=C\C/C=C\C/C=C\CCCC(=O)OCC(COC(=O)CCCCCCCCCCCCC)OC(=O)CCCCCC/C=C\C/C=C\C/C=C\C/C=C\CC. The van der Waals surface area contributed by atoms with Crippen LogP contribution in [0.1, 0.15) is 239 Å². The average Bonchev–Trinajstić information content (AvgIpc) is 3.41. The summed E-state index contributed by atoms with van der Waals surface area (Å²) in [6.07, 6.45) is 89.6. The maximum atomic E-state index is 12.8. The molecule has 0 spiro atoms. The van der Waals surface area contributed by atoms with E-state index in [4.69, 9.17) is 14.2 Å². The number of allylic oxidation sites excluding steroid dienone is 26. The number of hydrogen-bond donors (Lipinski definition) is 0. The zero-order valence-corrected chi connectivity index (χ0v) is 48.0. The molecule has 0 saturated heterocycles. The maximum Gasteiger partial charge on any atom is 0.306 e. The summed E-state index contributed by atoms with van der Waals surface area (Å²) in [6, 6.07) is 0. The Hall–Kier alpha value is -4.97. The maximum absolute atomic E-state index is 12.8. The molecule has 0 aromatic carbocycles. The van der Waals surface area contributed by atoms with Crippen molar-refractivity contribution in [3.63, 3.8) is 0 Å². The van der Waals surface area contributed by atoms with Gasteiger partial charge in [0.05, 0.1) is 0 Å². The summed E-state index contributed by atoms with van der Waals surface area (Å²) in [6.45, 7) is 6.32. The Kier molecular flexibility index (Phi) is 57.5. The Labute approximate surface area is 460 Å². The second-order valence-electron chi connectivity index (χ2n) is 19.1. The zero-order valence-electron chi connectivity index (χ0n) is 48.0. The lowest BCUT2D eigenvalue weighted by molar-refractivity contribution is -0.167. The predicted octanol–water partition coefficient (Wildman–Crippen LogP) is 20.5. The highest BCUT2D eigenvalue weighted by atomic mass is 16.6. The molecule has 0 N–H and O–H groups in total. The van der Waals surface area contributed by atoms with Crippen LogP contribution in [0.5, 0.6) is 0 Å². The van der Waals surface area contributed by atoms with Crippen molar-refractivity contribution in [1.29, 1.82) is 0 Å². The third kappa shape index (κ3) is 59.8. The summed E-state index contributed by atoms with van der Waals surface area (Å²) in [4.78, 5) is 38.1. The Bertz CT molecular complexity index is 1710. The lowest BCUT2D eigenvalue weighted by Crippen LogP contribution is -2.30. The Balaban J connectivity index is 4.46. The van der Waals surface area contributed by atoms with Crippen LogP contribution in [0.3, 0.4) is 0 Å². The molecule has 0 aromatic heterocycles. The van der Waals surface area contributed by atoms with Gasteiger partial charge < -0.3 is 14.2 Å². The molecule has 0 fully saturated rings. The van der Waals surface area contributed by atoms with Crippen molar-refractivity contribution in [3.8, 4) is 0 Å². The third-order valence-corrected chi connectivity index (χ3v) is 12.0. The molecule has 420 valence electrons. The third-order valence-electron chi connectivity index (χ3n) is 12.0. The van der Waals surface area contributed by atoms with Gasteiger partial charge in [0.2, 0.25) is 0 Å². The summed E-state index contributed by atoms with van der Waals surface area (Å²) >= 11 is 0. The van der Waals surface area contributed by atoms with E-state index < -0.39 is 6.10 Å². The van der Waals surface area contributed by atoms with Gasteiger partial charge in [-0.15, -0.1) is 0 Å². The van der Waals surface area contributed by atoms with Crippen LogP contribution in [0, 0.1) is 0 Å². The fraction of sp³-hybridized carbons (Fsp3) is 0.580. The minimum atomic E-state index is -0.820. The minimum Gasteiger partial charge on any atom is -0.462 e. The van der Waals surface area contributed by atoms with E-state index in [9.17, 15) is 14.4 Å². The van der Waals surface area contributed by atoms with Crippen LogP contribution in [-0.2, 0) is 28.6 Å². The van der Waals surface area contributed by atoms with Gasteiger partial charge in [-0.3, -0.25) is 14.4 Å². The predicted molar refractivity (Wildman–Crippen MR) is 325 cm³/mol. The summed E-state index contributed by atoms with van der Waals surface area (Å²) < 4.78 is 16.8. The van der Waals surface area contributed by atoms with Crippen LogP contribution in [0.4, 0.5) is 0 Å². The lowest BCUT2D eigenvalue weighted by Gasteiger charge is -2.18. The molecule has 0 heterocycles. The first kappa shape index (κ1) is 70.0. The standard InChI is InChI=1S/C69H108O6/c1-4-7-10-13-16-19-22-24-26-28-29-30-31-32-33-34-35-36-37-38-39-41-42-44-47-50-53-56-59-62-68(71)74-65-66(64-73-67(70)61-58-55-52-49-46-21-18-15-12-9-6-3)75-69(72)63-60-57-54-51-48-45-43-40-27-25-23-20-17-14-11-8-5-2/h7-8,10-11,16-17,19-20,24-27,29-30,32-33,35-36,38-39,42-45,50,53,66H,4-6,9,12-15,18,21-23,28,31,34,37,40-41,46-49,51-52,54-65H2,1-3H3/b10-7-,11-8-,19-16-,20-17-,26-24-,27-25-,30-29-,33-32-,36-35-,39-38-,44-42-,45-43-,53-50-. The molecular weight excluding hydrogens is 925 g/mol. The van der Waals surface area contributed by atoms with E-state index in [0.29, 0.717) is 12.8 Å². The molecule has 6 heteroatoms. The Morgan fingerprint density at radius 3 is 0.867 bits per heavy atom. The van der Waals surface area contributed by atoms with Crippen LogP contribution in [0.25, 0.3) is 0 Å². The zero-order chi connectivity index (χ0) is 54.3. The van der Waals surface area contributed by atoms with Crippen molar-refractivity contribution in [2.24, 2.45) is 0 Å². The van der Waals surface area contributed by atoms with E-state index in [0.717, 1.165) is 141 Å². The van der Waals surface area contributed by atoms with Crippen molar-refractivity contribution < 1.29 is 28.6 Å². The van der Waals surface area contributed by atoms with Gasteiger partial charge in [-0.25, -0.2) is 0 Å². The van der Waals surface area contributed by atoms with Gasteiger partial charge >= 0.3 is 17.9 Å². The fourth-order valence-corrected chi connectivity index (χ4v) is 7.61. The monoisotopic (exact) mass is 1030 g/mol. The van der Waals surface area contributed by atoms with E-state index in [2.05, 4.69) is 179 Å². The first-order valence-corrected chi connectivity index (χ1v) is 30.0. The molecule has 0 aliphatic carbocycles. The molecule has 0 amide bonds. The first-order chi connectivity index (χ1) is 37.0. The number of carbonyl (C=O) groups excluding carboxylic acids is 3. The largest absolute Gasteiger partial charge is 0.462 e. The van der Waals surface area contributed by atoms with Crippen LogP contribution in [0.15, 0.2) is 158 Å². The normalized spacial score (nSPS) is 13.3. The van der Waals surface area contributed by atoms with Crippen molar-refractivity contribution >= 4 is 17.9 Å². The summed E-state index contributed by atoms with van der Waals surface area (Å²) in [7, 11) is 0. The Morgan fingerprint density at radius 1 is 0.280 bits per heavy atom. The molecule has 0 aliphatic rings. The van der Waals surface area contributed by atoms with Crippen LogP contribution in [0.2, 0.25) is 0 Å². The second kappa shape index (κ2) is 61.6. The molecule has 1 unspecified atom stereocenters. The highest BCUT2D eigenvalue weighted by Crippen LogP contribution is 2.14. The van der Waals surface area contributed by atoms with Gasteiger partial charge in [0.1, 0.15) is 13.2 Å². The van der Waals surface area contributed by atoms with Gasteiger partial charge in [-0.2, -0.15) is 0 Å². The molecule has 75 heavy (non-hydrogen) atoms. The highest BCUT2D eigenvalue weighted by molar-refractivity contribution is 5.71. The average molecular weight is 1030 g/mol. The number of rotatable bonds is 52. The molecule has 1 atom stereocenters. The quantitative estimate of drug-likeness (QED) is 0.0261. The molecule has 0 rings (SSSR count). The van der Waals surface area contributed by atoms with Crippen molar-refractivity contribution in [2.75, 3.05) is 13.2 Å². The van der Waals surface area contributed by atoms with Gasteiger partial charge in [0.25, 0.3) is 0 Å². The van der Waals surface area contributed by atoms with Gasteiger partial charge in [-0.1, -0.05) is 256 Å². The van der Waals surface area contributed by atoms with Gasteiger partial charge in [-0.05, 0) is 122 Å². The van der Waals surface area contributed by atoms with Gasteiger partial charge in [0.15, 0.2) is 6.10 Å². The lowest BCUT2D eigenvalue weighted by atomic mass is 10.1. The number of unbranched alkanes of at least 4 members (excludes halogenated alkanes) is 15. The van der Waals surface area contributed by atoms with E-state index in [1.807, 2.05) is 0 Å². The smallest absolute Gasteiger partial charge is 0.306 e. The Morgan fingerprint density at radius 2 is 0.533 bits per heavy atom. The molecule has 0 saturated carbocycles. The van der Waals surface area contributed by atoms with E-state index in [1.54, 1.807) is 0 Å². The van der Waals surface area contributed by atoms with Gasteiger partial charge in [0, 0.05) is 19.3 Å². The summed E-state index contributed by atoms with van der Waals surface area (Å²) in [5, 5.41) is 0. The summed E-state index contributed by atoms with van der Waals surface area (Å²) in [5.41, 5.74) is 0. The molecule has 0 radical (unpaired) electrons. The van der Waals surface area contributed by atoms with Crippen LogP contribution in [-0.4, -0.2) is 37.2 Å².